The largest absolute Gasteiger partial charge is 0.480 e. The zero-order chi connectivity index (χ0) is 26.6. The Morgan fingerprint density at radius 3 is 1.09 bits per heavy atom. The molecule has 0 saturated heterocycles. The summed E-state index contributed by atoms with van der Waals surface area (Å²) in [6.07, 6.45) is -7.87. The van der Waals surface area contributed by atoms with Crippen molar-refractivity contribution in [2.45, 2.75) is 47.6 Å². The van der Waals surface area contributed by atoms with Crippen LogP contribution < -0.4 is 5.32 Å². The number of rotatable bonds is 9. The Kier molecular flexibility index (Phi) is 7.12. The number of amides is 1. The van der Waals surface area contributed by atoms with Crippen molar-refractivity contribution in [2.24, 2.45) is 0 Å². The molecule has 0 aliphatic rings. The summed E-state index contributed by atoms with van der Waals surface area (Å²) in [7, 11) is 0. The summed E-state index contributed by atoms with van der Waals surface area (Å²) in [4.78, 5) is 20.7. The van der Waals surface area contributed by atoms with E-state index < -0.39 is 66.1 Å². The molecule has 0 fully saturated rings. The van der Waals surface area contributed by atoms with Crippen molar-refractivity contribution in [3.63, 3.8) is 0 Å². The summed E-state index contributed by atoms with van der Waals surface area (Å²) in [5.41, 5.74) is 0. The maximum Gasteiger partial charge on any atom is 0.460 e. The van der Waals surface area contributed by atoms with Gasteiger partial charge in [0.2, 0.25) is 0 Å². The second-order valence-corrected chi connectivity index (χ2v) is 5.59. The molecule has 190 valence electrons. The van der Waals surface area contributed by atoms with Crippen LogP contribution in [0.15, 0.2) is 0 Å². The Bertz CT molecular complexity index is 741. The number of aliphatic carboxylic acids is 1. The molecule has 2 N–H and O–H groups in total. The molecule has 0 heterocycles. The van der Waals surface area contributed by atoms with Crippen LogP contribution in [0.25, 0.3) is 0 Å². The molecule has 32 heavy (non-hydrogen) atoms. The summed E-state index contributed by atoms with van der Waals surface area (Å²) < 4.78 is 219. The van der Waals surface area contributed by atoms with E-state index in [2.05, 4.69) is 0 Å². The van der Waals surface area contributed by atoms with Gasteiger partial charge in [0.05, 0.1) is 0 Å². The van der Waals surface area contributed by atoms with Crippen molar-refractivity contribution in [1.82, 2.24) is 5.32 Å². The topological polar surface area (TPSA) is 66.4 Å². The van der Waals surface area contributed by atoms with Gasteiger partial charge in [-0.05, 0) is 0 Å². The van der Waals surface area contributed by atoms with Gasteiger partial charge in [-0.15, -0.1) is 0 Å². The average molecular weight is 521 g/mol. The van der Waals surface area contributed by atoms with Gasteiger partial charge in [0.25, 0.3) is 5.91 Å². The Labute approximate surface area is 162 Å². The minimum Gasteiger partial charge on any atom is -0.480 e. The molecule has 4 nitrogen and oxygen atoms in total. The van der Waals surface area contributed by atoms with E-state index in [0.29, 0.717) is 0 Å². The van der Waals surface area contributed by atoms with Crippen LogP contribution in [0.1, 0.15) is 0 Å². The minimum absolute atomic E-state index is 0.214. The molecule has 0 atom stereocenters. The maximum absolute atomic E-state index is 13.3. The lowest BCUT2D eigenvalue weighted by Gasteiger charge is -2.42. The number of carbonyl (C=O) groups is 2. The fourth-order valence-electron chi connectivity index (χ4n) is 1.57. The van der Waals surface area contributed by atoms with Crippen LogP contribution in [-0.4, -0.2) is 71.2 Å². The van der Waals surface area contributed by atoms with Crippen molar-refractivity contribution in [1.29, 1.82) is 0 Å². The summed E-state index contributed by atoms with van der Waals surface area (Å²) in [5, 5.41) is 8.21. The van der Waals surface area contributed by atoms with E-state index in [1.807, 2.05) is 0 Å². The van der Waals surface area contributed by atoms with Crippen LogP contribution in [0.4, 0.5) is 74.6 Å². The van der Waals surface area contributed by atoms with Crippen molar-refractivity contribution in [2.75, 3.05) is 6.54 Å². The third-order valence-corrected chi connectivity index (χ3v) is 3.41. The Morgan fingerprint density at radius 2 is 0.812 bits per heavy atom. The van der Waals surface area contributed by atoms with E-state index in [-0.39, 0.29) is 5.32 Å². The van der Waals surface area contributed by atoms with Crippen molar-refractivity contribution < 1.29 is 89.3 Å². The number of alkyl halides is 17. The molecule has 0 saturated carbocycles. The van der Waals surface area contributed by atoms with Crippen LogP contribution in [0, 0.1) is 0 Å². The van der Waals surface area contributed by atoms with Gasteiger partial charge in [0, 0.05) is 0 Å². The quantitative estimate of drug-likeness (QED) is 0.448. The first kappa shape index (κ1) is 29.8. The molecule has 0 aliphatic heterocycles. The van der Waals surface area contributed by atoms with Gasteiger partial charge in [-0.1, -0.05) is 0 Å². The van der Waals surface area contributed by atoms with Crippen molar-refractivity contribution in [3.8, 4) is 0 Å². The standard InChI is InChI=1S/C11H4F17NO3/c12-4(13,3(32)29-1-2(30)31)5(14,15)6(16,17)7(18,19)8(20,21)9(22,23)10(24,25)11(26,27)28/h1H2,(H,29,32)(H,30,31). The van der Waals surface area contributed by atoms with Crippen molar-refractivity contribution in [3.05, 3.63) is 0 Å². The summed E-state index contributed by atoms with van der Waals surface area (Å²) in [6.45, 7) is -2.10. The highest BCUT2D eigenvalue weighted by molar-refractivity contribution is 5.87. The Balaban J connectivity index is 6.65. The number of carbonyl (C=O) groups excluding carboxylic acids is 1. The molecule has 0 aromatic carbocycles. The number of halogens is 17. The molecule has 0 aromatic rings. The normalized spacial score (nSPS) is 15.5. The first-order valence-corrected chi connectivity index (χ1v) is 6.80. The highest BCUT2D eigenvalue weighted by atomic mass is 19.4. The van der Waals surface area contributed by atoms with Crippen LogP contribution in [0.2, 0.25) is 0 Å². The molecule has 21 heteroatoms. The zero-order valence-corrected chi connectivity index (χ0v) is 13.9. The van der Waals surface area contributed by atoms with E-state index in [0.717, 1.165) is 0 Å². The third kappa shape index (κ3) is 3.86. The first-order chi connectivity index (χ1) is 13.6. The van der Waals surface area contributed by atoms with Gasteiger partial charge in [-0.3, -0.25) is 9.59 Å². The zero-order valence-electron chi connectivity index (χ0n) is 13.9. The number of hydrogen-bond donors (Lipinski definition) is 2. The summed E-state index contributed by atoms with van der Waals surface area (Å²) in [5.74, 6) is -64.9. The molecule has 0 aliphatic carbocycles. The van der Waals surface area contributed by atoms with Gasteiger partial charge in [0.15, 0.2) is 0 Å². The van der Waals surface area contributed by atoms with E-state index in [4.69, 9.17) is 5.11 Å². The molecular formula is C11H4F17NO3. The molecule has 0 rings (SSSR count). The molecular weight excluding hydrogens is 517 g/mol. The molecule has 0 radical (unpaired) electrons. The van der Waals surface area contributed by atoms with Gasteiger partial charge < -0.3 is 10.4 Å². The lowest BCUT2D eigenvalue weighted by Crippen LogP contribution is -2.75. The Morgan fingerprint density at radius 1 is 0.531 bits per heavy atom. The number of carboxylic acid groups (broad SMARTS) is 1. The van der Waals surface area contributed by atoms with Gasteiger partial charge >= 0.3 is 53.6 Å². The van der Waals surface area contributed by atoms with Crippen LogP contribution in [0.3, 0.4) is 0 Å². The number of nitrogens with one attached hydrogen (secondary N) is 1. The molecule has 0 aromatic heterocycles. The highest BCUT2D eigenvalue weighted by Crippen LogP contribution is 2.63. The number of carboxylic acids is 1. The average Bonchev–Trinajstić information content (AvgIpc) is 2.57. The second kappa shape index (κ2) is 7.66. The lowest BCUT2D eigenvalue weighted by atomic mass is 9.89. The van der Waals surface area contributed by atoms with Gasteiger partial charge in [0.1, 0.15) is 6.54 Å². The Hall–Kier alpha value is -2.25. The summed E-state index contributed by atoms with van der Waals surface area (Å²) in [6, 6.07) is 0. The molecule has 0 spiro atoms. The van der Waals surface area contributed by atoms with E-state index in [1.54, 1.807) is 0 Å². The highest BCUT2D eigenvalue weighted by Gasteiger charge is 2.95. The van der Waals surface area contributed by atoms with Crippen LogP contribution in [0.5, 0.6) is 0 Å². The SMILES string of the molecule is O=C(O)CNC(=O)C(F)(F)C(F)(F)C(F)(F)C(F)(F)C(F)(F)C(F)(F)C(F)(F)C(F)(F)F. The summed E-state index contributed by atoms with van der Waals surface area (Å²) >= 11 is 0. The predicted molar refractivity (Wildman–Crippen MR) is 61.3 cm³/mol. The molecule has 1 amide bonds. The maximum atomic E-state index is 13.3. The smallest absolute Gasteiger partial charge is 0.460 e. The van der Waals surface area contributed by atoms with Crippen LogP contribution >= 0.6 is 0 Å². The van der Waals surface area contributed by atoms with E-state index >= 15 is 0 Å². The number of hydrogen-bond acceptors (Lipinski definition) is 2. The minimum atomic E-state index is -8.81. The fourth-order valence-corrected chi connectivity index (χ4v) is 1.57. The molecule has 0 unspecified atom stereocenters. The van der Waals surface area contributed by atoms with Crippen molar-refractivity contribution >= 4 is 11.9 Å². The van der Waals surface area contributed by atoms with E-state index in [9.17, 15) is 84.2 Å². The predicted octanol–water partition coefficient (Wildman–Crippen LogP) is 4.20. The first-order valence-electron chi connectivity index (χ1n) is 6.80. The fraction of sp³-hybridized carbons (Fsp3) is 0.818. The van der Waals surface area contributed by atoms with Gasteiger partial charge in [-0.25, -0.2) is 0 Å². The molecule has 0 bridgehead atoms. The third-order valence-electron chi connectivity index (χ3n) is 3.41. The second-order valence-electron chi connectivity index (χ2n) is 5.59. The monoisotopic (exact) mass is 521 g/mol. The lowest BCUT2D eigenvalue weighted by molar-refractivity contribution is -0.459. The van der Waals surface area contributed by atoms with Gasteiger partial charge in [-0.2, -0.15) is 74.6 Å². The van der Waals surface area contributed by atoms with Crippen LogP contribution in [-0.2, 0) is 9.59 Å². The van der Waals surface area contributed by atoms with E-state index in [1.165, 1.54) is 0 Å².